The molecule has 104 valence electrons. The number of aromatic nitrogens is 1. The minimum Gasteiger partial charge on any atom is -0.370 e. The molecule has 0 aromatic carbocycles. The Morgan fingerprint density at radius 3 is 2.84 bits per heavy atom. The van der Waals surface area contributed by atoms with Crippen LogP contribution < -0.4 is 5.32 Å². The second kappa shape index (κ2) is 5.78. The van der Waals surface area contributed by atoms with Crippen molar-refractivity contribution in [1.29, 1.82) is 0 Å². The third-order valence-electron chi connectivity index (χ3n) is 3.63. The zero-order valence-electron chi connectivity index (χ0n) is 11.6. The lowest BCUT2D eigenvalue weighted by atomic mass is 10.1. The summed E-state index contributed by atoms with van der Waals surface area (Å²) >= 11 is 5.97. The van der Waals surface area contributed by atoms with Crippen molar-refractivity contribution in [2.24, 2.45) is 5.92 Å². The number of anilines is 1. The number of rotatable bonds is 5. The van der Waals surface area contributed by atoms with Gasteiger partial charge in [0.2, 0.25) is 0 Å². The molecule has 4 nitrogen and oxygen atoms in total. The number of amides is 1. The lowest BCUT2D eigenvalue weighted by molar-refractivity contribution is 0.0727. The molecule has 1 saturated carbocycles. The highest BCUT2D eigenvalue weighted by Crippen LogP contribution is 2.35. The second-order valence-electron chi connectivity index (χ2n) is 5.09. The SMILES string of the molecule is CCNc1cc(C(=O)N(C)C(C)C2CC2)cc(Cl)n1. The highest BCUT2D eigenvalue weighted by molar-refractivity contribution is 6.29. The van der Waals surface area contributed by atoms with Crippen molar-refractivity contribution in [1.82, 2.24) is 9.88 Å². The monoisotopic (exact) mass is 281 g/mol. The van der Waals surface area contributed by atoms with Crippen LogP contribution in [0.15, 0.2) is 12.1 Å². The average Bonchev–Trinajstić information content (AvgIpc) is 3.20. The van der Waals surface area contributed by atoms with Crippen molar-refractivity contribution >= 4 is 23.3 Å². The smallest absolute Gasteiger partial charge is 0.254 e. The van der Waals surface area contributed by atoms with Gasteiger partial charge >= 0.3 is 0 Å². The predicted octanol–water partition coefficient (Wildman–Crippen LogP) is 3.04. The number of carbonyl (C=O) groups excluding carboxylic acids is 1. The van der Waals surface area contributed by atoms with Crippen LogP contribution in [-0.2, 0) is 0 Å². The third kappa shape index (κ3) is 3.38. The van der Waals surface area contributed by atoms with Gasteiger partial charge in [0, 0.05) is 25.2 Å². The van der Waals surface area contributed by atoms with E-state index in [0.717, 1.165) is 6.54 Å². The fraction of sp³-hybridized carbons (Fsp3) is 0.571. The van der Waals surface area contributed by atoms with Crippen LogP contribution in [0.3, 0.4) is 0 Å². The molecule has 1 amide bonds. The van der Waals surface area contributed by atoms with Gasteiger partial charge in [-0.05, 0) is 44.7 Å². The molecule has 0 spiro atoms. The maximum absolute atomic E-state index is 12.4. The molecule has 1 aliphatic carbocycles. The van der Waals surface area contributed by atoms with E-state index in [4.69, 9.17) is 11.6 Å². The number of nitrogens with zero attached hydrogens (tertiary/aromatic N) is 2. The van der Waals surface area contributed by atoms with E-state index in [1.165, 1.54) is 12.8 Å². The lowest BCUT2D eigenvalue weighted by Gasteiger charge is -2.25. The maximum atomic E-state index is 12.4. The number of halogens is 1. The summed E-state index contributed by atoms with van der Waals surface area (Å²) in [4.78, 5) is 18.4. The molecule has 1 atom stereocenters. The van der Waals surface area contributed by atoms with Crippen LogP contribution in [0.25, 0.3) is 0 Å². The molecule has 19 heavy (non-hydrogen) atoms. The van der Waals surface area contributed by atoms with Crippen molar-refractivity contribution in [3.63, 3.8) is 0 Å². The molecule has 1 aromatic rings. The Bertz CT molecular complexity index is 474. The van der Waals surface area contributed by atoms with Gasteiger partial charge in [-0.15, -0.1) is 0 Å². The molecule has 1 heterocycles. The molecular weight excluding hydrogens is 262 g/mol. The largest absolute Gasteiger partial charge is 0.370 e. The van der Waals surface area contributed by atoms with Crippen molar-refractivity contribution < 1.29 is 4.79 Å². The molecular formula is C14H20ClN3O. The summed E-state index contributed by atoms with van der Waals surface area (Å²) in [6.07, 6.45) is 2.44. The van der Waals surface area contributed by atoms with Crippen molar-refractivity contribution in [3.8, 4) is 0 Å². The standard InChI is InChI=1S/C14H20ClN3O/c1-4-16-13-8-11(7-12(15)17-13)14(19)18(3)9(2)10-5-6-10/h7-10H,4-6H2,1-3H3,(H,16,17). The van der Waals surface area contributed by atoms with E-state index in [1.54, 1.807) is 17.0 Å². The molecule has 0 radical (unpaired) electrons. The summed E-state index contributed by atoms with van der Waals surface area (Å²) in [6.45, 7) is 4.82. The first-order valence-electron chi connectivity index (χ1n) is 6.71. The Kier molecular flexibility index (Phi) is 4.30. The van der Waals surface area contributed by atoms with Gasteiger partial charge in [0.15, 0.2) is 0 Å². The number of hydrogen-bond donors (Lipinski definition) is 1. The van der Waals surface area contributed by atoms with E-state index in [-0.39, 0.29) is 11.9 Å². The van der Waals surface area contributed by atoms with Crippen LogP contribution in [0, 0.1) is 5.92 Å². The molecule has 0 bridgehead atoms. The maximum Gasteiger partial charge on any atom is 0.254 e. The summed E-state index contributed by atoms with van der Waals surface area (Å²) in [6, 6.07) is 3.66. The van der Waals surface area contributed by atoms with E-state index in [9.17, 15) is 4.79 Å². The Labute approximate surface area is 119 Å². The van der Waals surface area contributed by atoms with Crippen LogP contribution in [-0.4, -0.2) is 35.4 Å². The van der Waals surface area contributed by atoms with Gasteiger partial charge in [-0.25, -0.2) is 4.98 Å². The first-order chi connectivity index (χ1) is 9.02. The van der Waals surface area contributed by atoms with Crippen molar-refractivity contribution in [3.05, 3.63) is 22.8 Å². The van der Waals surface area contributed by atoms with Gasteiger partial charge in [0.05, 0.1) is 0 Å². The number of nitrogens with one attached hydrogen (secondary N) is 1. The highest BCUT2D eigenvalue weighted by Gasteiger charge is 2.32. The normalized spacial score (nSPS) is 16.0. The van der Waals surface area contributed by atoms with E-state index in [0.29, 0.717) is 22.5 Å². The summed E-state index contributed by atoms with van der Waals surface area (Å²) in [5.41, 5.74) is 0.589. The molecule has 0 saturated heterocycles. The van der Waals surface area contributed by atoms with Crippen LogP contribution in [0.4, 0.5) is 5.82 Å². The second-order valence-corrected chi connectivity index (χ2v) is 5.48. The van der Waals surface area contributed by atoms with Crippen molar-refractivity contribution in [2.45, 2.75) is 32.7 Å². The van der Waals surface area contributed by atoms with Crippen LogP contribution >= 0.6 is 11.6 Å². The summed E-state index contributed by atoms with van der Waals surface area (Å²) < 4.78 is 0. The molecule has 5 heteroatoms. The Hall–Kier alpha value is -1.29. The molecule has 1 unspecified atom stereocenters. The number of carbonyl (C=O) groups is 1. The van der Waals surface area contributed by atoms with Gasteiger partial charge in [0.1, 0.15) is 11.0 Å². The lowest BCUT2D eigenvalue weighted by Crippen LogP contribution is -2.36. The quantitative estimate of drug-likeness (QED) is 0.844. The summed E-state index contributed by atoms with van der Waals surface area (Å²) in [5.74, 6) is 1.30. The molecule has 2 rings (SSSR count). The fourth-order valence-electron chi connectivity index (χ4n) is 2.18. The minimum atomic E-state index is 0.00264. The Morgan fingerprint density at radius 2 is 2.26 bits per heavy atom. The summed E-state index contributed by atoms with van der Waals surface area (Å²) in [5, 5.41) is 3.42. The number of hydrogen-bond acceptors (Lipinski definition) is 3. The zero-order chi connectivity index (χ0) is 14.0. The third-order valence-corrected chi connectivity index (χ3v) is 3.83. The molecule has 1 aliphatic rings. The van der Waals surface area contributed by atoms with E-state index in [2.05, 4.69) is 17.2 Å². The van der Waals surface area contributed by atoms with E-state index < -0.39 is 0 Å². The first kappa shape index (κ1) is 14.1. The minimum absolute atomic E-state index is 0.00264. The predicted molar refractivity (Wildman–Crippen MR) is 77.7 cm³/mol. The van der Waals surface area contributed by atoms with Gasteiger partial charge in [-0.1, -0.05) is 11.6 Å². The van der Waals surface area contributed by atoms with Crippen LogP contribution in [0.2, 0.25) is 5.15 Å². The highest BCUT2D eigenvalue weighted by atomic mass is 35.5. The Balaban J connectivity index is 2.17. The fourth-order valence-corrected chi connectivity index (χ4v) is 2.38. The van der Waals surface area contributed by atoms with E-state index >= 15 is 0 Å². The molecule has 1 N–H and O–H groups in total. The van der Waals surface area contributed by atoms with Gasteiger partial charge in [-0.2, -0.15) is 0 Å². The van der Waals surface area contributed by atoms with E-state index in [1.807, 2.05) is 14.0 Å². The molecule has 1 aromatic heterocycles. The number of pyridine rings is 1. The average molecular weight is 282 g/mol. The van der Waals surface area contributed by atoms with Crippen LogP contribution in [0.5, 0.6) is 0 Å². The van der Waals surface area contributed by atoms with Gasteiger partial charge in [0.25, 0.3) is 5.91 Å². The summed E-state index contributed by atoms with van der Waals surface area (Å²) in [7, 11) is 1.85. The molecule has 1 fully saturated rings. The topological polar surface area (TPSA) is 45.2 Å². The van der Waals surface area contributed by atoms with Gasteiger partial charge < -0.3 is 10.2 Å². The van der Waals surface area contributed by atoms with Gasteiger partial charge in [-0.3, -0.25) is 4.79 Å². The first-order valence-corrected chi connectivity index (χ1v) is 7.09. The van der Waals surface area contributed by atoms with Crippen LogP contribution in [0.1, 0.15) is 37.0 Å². The zero-order valence-corrected chi connectivity index (χ0v) is 12.4. The Morgan fingerprint density at radius 1 is 1.58 bits per heavy atom. The molecule has 0 aliphatic heterocycles. The van der Waals surface area contributed by atoms with Crippen molar-refractivity contribution in [2.75, 3.05) is 18.9 Å².